The van der Waals surface area contributed by atoms with Gasteiger partial charge in [0.05, 0.1) is 17.2 Å². The Balaban J connectivity index is 2.28. The molecular formula is C15H13BrN2O4. The Morgan fingerprint density at radius 1 is 1.32 bits per heavy atom. The standard InChI is InChI=1S/C15H13BrN2O4/c1-2-22-14-8-7-10(9-13(14)18(20)21)15(19)17-12-6-4-3-5-11(12)16/h3-9H,2H2,1H3,(H,17,19). The number of anilines is 1. The van der Waals surface area contributed by atoms with Gasteiger partial charge in [-0.2, -0.15) is 0 Å². The molecule has 2 aromatic carbocycles. The van der Waals surface area contributed by atoms with Crippen LogP contribution in [0.5, 0.6) is 5.75 Å². The van der Waals surface area contributed by atoms with Crippen molar-refractivity contribution in [2.45, 2.75) is 6.92 Å². The summed E-state index contributed by atoms with van der Waals surface area (Å²) in [5.41, 5.74) is 0.538. The van der Waals surface area contributed by atoms with Gasteiger partial charge in [-0.15, -0.1) is 0 Å². The summed E-state index contributed by atoms with van der Waals surface area (Å²) in [5, 5.41) is 13.8. The van der Waals surface area contributed by atoms with Gasteiger partial charge in [0.1, 0.15) is 0 Å². The monoisotopic (exact) mass is 364 g/mol. The smallest absolute Gasteiger partial charge is 0.311 e. The zero-order chi connectivity index (χ0) is 16.1. The van der Waals surface area contributed by atoms with E-state index in [-0.39, 0.29) is 17.0 Å². The third-order valence-electron chi connectivity index (χ3n) is 2.84. The van der Waals surface area contributed by atoms with E-state index in [1.54, 1.807) is 25.1 Å². The molecule has 0 atom stereocenters. The van der Waals surface area contributed by atoms with E-state index in [1.165, 1.54) is 18.2 Å². The van der Waals surface area contributed by atoms with Crippen LogP contribution < -0.4 is 10.1 Å². The van der Waals surface area contributed by atoms with Gasteiger partial charge in [0, 0.05) is 16.1 Å². The van der Waals surface area contributed by atoms with Gasteiger partial charge in [-0.3, -0.25) is 14.9 Å². The number of carbonyl (C=O) groups is 1. The van der Waals surface area contributed by atoms with Crippen molar-refractivity contribution in [1.29, 1.82) is 0 Å². The van der Waals surface area contributed by atoms with Gasteiger partial charge in [-0.1, -0.05) is 12.1 Å². The number of para-hydroxylation sites is 1. The van der Waals surface area contributed by atoms with Gasteiger partial charge in [0.2, 0.25) is 0 Å². The molecule has 1 N–H and O–H groups in total. The number of rotatable bonds is 5. The number of nitrogens with zero attached hydrogens (tertiary/aromatic N) is 1. The molecule has 0 radical (unpaired) electrons. The van der Waals surface area contributed by atoms with Crippen molar-refractivity contribution in [3.05, 3.63) is 62.6 Å². The number of nitro benzene ring substituents is 1. The Hall–Kier alpha value is -2.41. The summed E-state index contributed by atoms with van der Waals surface area (Å²) in [6, 6.07) is 11.2. The number of hydrogen-bond acceptors (Lipinski definition) is 4. The molecule has 2 rings (SSSR count). The van der Waals surface area contributed by atoms with Crippen molar-refractivity contribution >= 4 is 33.2 Å². The molecular weight excluding hydrogens is 352 g/mol. The molecule has 6 nitrogen and oxygen atoms in total. The van der Waals surface area contributed by atoms with Crippen LogP contribution >= 0.6 is 15.9 Å². The maximum atomic E-state index is 12.2. The van der Waals surface area contributed by atoms with E-state index in [2.05, 4.69) is 21.2 Å². The van der Waals surface area contributed by atoms with E-state index in [9.17, 15) is 14.9 Å². The number of halogens is 1. The number of carbonyl (C=O) groups excluding carboxylic acids is 1. The SMILES string of the molecule is CCOc1ccc(C(=O)Nc2ccccc2Br)cc1[N+](=O)[O-]. The second kappa shape index (κ2) is 7.04. The maximum Gasteiger partial charge on any atom is 0.311 e. The summed E-state index contributed by atoms with van der Waals surface area (Å²) in [5.74, 6) is -0.289. The lowest BCUT2D eigenvalue weighted by atomic mass is 10.1. The fraction of sp³-hybridized carbons (Fsp3) is 0.133. The minimum Gasteiger partial charge on any atom is -0.487 e. The van der Waals surface area contributed by atoms with Crippen LogP contribution in [0.3, 0.4) is 0 Å². The zero-order valence-corrected chi connectivity index (χ0v) is 13.3. The number of ether oxygens (including phenoxy) is 1. The average molecular weight is 365 g/mol. The Morgan fingerprint density at radius 3 is 2.68 bits per heavy atom. The van der Waals surface area contributed by atoms with Crippen LogP contribution in [-0.4, -0.2) is 17.4 Å². The molecule has 0 saturated heterocycles. The summed E-state index contributed by atoms with van der Waals surface area (Å²) in [6.07, 6.45) is 0. The highest BCUT2D eigenvalue weighted by molar-refractivity contribution is 9.10. The van der Waals surface area contributed by atoms with Crippen molar-refractivity contribution in [3.63, 3.8) is 0 Å². The lowest BCUT2D eigenvalue weighted by Gasteiger charge is -2.08. The first-order chi connectivity index (χ1) is 10.5. The molecule has 0 saturated carbocycles. The molecule has 0 aliphatic heterocycles. The van der Waals surface area contributed by atoms with Crippen molar-refractivity contribution < 1.29 is 14.5 Å². The van der Waals surface area contributed by atoms with Crippen LogP contribution in [0.15, 0.2) is 46.9 Å². The van der Waals surface area contributed by atoms with Crippen LogP contribution in [0.25, 0.3) is 0 Å². The molecule has 0 bridgehead atoms. The highest BCUT2D eigenvalue weighted by atomic mass is 79.9. The minimum absolute atomic E-state index is 0.143. The predicted octanol–water partition coefficient (Wildman–Crippen LogP) is 4.01. The second-order valence-electron chi connectivity index (χ2n) is 4.31. The molecule has 0 unspecified atom stereocenters. The molecule has 7 heteroatoms. The Kier molecular flexibility index (Phi) is 5.11. The van der Waals surface area contributed by atoms with E-state index in [1.807, 2.05) is 6.07 Å². The zero-order valence-electron chi connectivity index (χ0n) is 11.7. The first-order valence-corrected chi connectivity index (χ1v) is 7.29. The van der Waals surface area contributed by atoms with Gasteiger partial charge >= 0.3 is 5.69 Å². The molecule has 0 spiro atoms. The number of benzene rings is 2. The highest BCUT2D eigenvalue weighted by Crippen LogP contribution is 2.29. The third-order valence-corrected chi connectivity index (χ3v) is 3.53. The van der Waals surface area contributed by atoms with E-state index in [0.29, 0.717) is 12.3 Å². The van der Waals surface area contributed by atoms with E-state index < -0.39 is 10.8 Å². The average Bonchev–Trinajstić information content (AvgIpc) is 2.50. The number of amides is 1. The molecule has 0 aliphatic carbocycles. The van der Waals surface area contributed by atoms with E-state index in [0.717, 1.165) is 4.47 Å². The Bertz CT molecular complexity index is 718. The van der Waals surface area contributed by atoms with Gasteiger partial charge in [0.25, 0.3) is 5.91 Å². The number of nitro groups is 1. The van der Waals surface area contributed by atoms with Crippen molar-refractivity contribution in [1.82, 2.24) is 0 Å². The molecule has 114 valence electrons. The molecule has 22 heavy (non-hydrogen) atoms. The summed E-state index contributed by atoms with van der Waals surface area (Å²) in [6.45, 7) is 2.04. The molecule has 0 aliphatic rings. The van der Waals surface area contributed by atoms with Crippen LogP contribution in [0.4, 0.5) is 11.4 Å². The van der Waals surface area contributed by atoms with Gasteiger partial charge in [0.15, 0.2) is 5.75 Å². The lowest BCUT2D eigenvalue weighted by molar-refractivity contribution is -0.385. The van der Waals surface area contributed by atoms with Crippen molar-refractivity contribution in [2.75, 3.05) is 11.9 Å². The fourth-order valence-electron chi connectivity index (χ4n) is 1.84. The first-order valence-electron chi connectivity index (χ1n) is 6.50. The predicted molar refractivity (Wildman–Crippen MR) is 86.4 cm³/mol. The molecule has 2 aromatic rings. The summed E-state index contributed by atoms with van der Waals surface area (Å²) < 4.78 is 5.92. The third kappa shape index (κ3) is 3.62. The molecule has 0 aromatic heterocycles. The quantitative estimate of drug-likeness (QED) is 0.641. The molecule has 0 heterocycles. The van der Waals surface area contributed by atoms with Crippen molar-refractivity contribution in [2.24, 2.45) is 0 Å². The van der Waals surface area contributed by atoms with E-state index in [4.69, 9.17) is 4.74 Å². The van der Waals surface area contributed by atoms with Gasteiger partial charge in [-0.05, 0) is 47.1 Å². The normalized spacial score (nSPS) is 10.1. The number of nitrogens with one attached hydrogen (secondary N) is 1. The van der Waals surface area contributed by atoms with Crippen molar-refractivity contribution in [3.8, 4) is 5.75 Å². The summed E-state index contributed by atoms with van der Waals surface area (Å²) in [7, 11) is 0. The Labute approximate surface area is 135 Å². The van der Waals surface area contributed by atoms with Crippen LogP contribution in [0.2, 0.25) is 0 Å². The molecule has 0 fully saturated rings. The van der Waals surface area contributed by atoms with E-state index >= 15 is 0 Å². The first kappa shape index (κ1) is 16.0. The fourth-order valence-corrected chi connectivity index (χ4v) is 2.22. The van der Waals surface area contributed by atoms with Crippen LogP contribution in [-0.2, 0) is 0 Å². The summed E-state index contributed by atoms with van der Waals surface area (Å²) >= 11 is 3.32. The topological polar surface area (TPSA) is 81.5 Å². The van der Waals surface area contributed by atoms with Gasteiger partial charge in [-0.25, -0.2) is 0 Å². The lowest BCUT2D eigenvalue weighted by Crippen LogP contribution is -2.12. The largest absolute Gasteiger partial charge is 0.487 e. The van der Waals surface area contributed by atoms with Crippen LogP contribution in [0.1, 0.15) is 17.3 Å². The van der Waals surface area contributed by atoms with Gasteiger partial charge < -0.3 is 10.1 Å². The number of hydrogen-bond donors (Lipinski definition) is 1. The molecule has 1 amide bonds. The van der Waals surface area contributed by atoms with Crippen LogP contribution in [0, 0.1) is 10.1 Å². The summed E-state index contributed by atoms with van der Waals surface area (Å²) in [4.78, 5) is 22.7. The maximum absolute atomic E-state index is 12.2. The second-order valence-corrected chi connectivity index (χ2v) is 5.16. The minimum atomic E-state index is -0.569. The Morgan fingerprint density at radius 2 is 2.05 bits per heavy atom. The highest BCUT2D eigenvalue weighted by Gasteiger charge is 2.19.